The zero-order valence-corrected chi connectivity index (χ0v) is 22.3. The van der Waals surface area contributed by atoms with Crippen molar-refractivity contribution in [3.8, 4) is 0 Å². The molecule has 0 aliphatic carbocycles. The minimum atomic E-state index is -4.13. The van der Waals surface area contributed by atoms with Gasteiger partial charge in [-0.25, -0.2) is 8.42 Å². The van der Waals surface area contributed by atoms with Gasteiger partial charge in [0, 0.05) is 14.8 Å². The molecule has 1 N–H and O–H groups in total. The van der Waals surface area contributed by atoms with E-state index >= 15 is 0 Å². The third-order valence-corrected chi connectivity index (χ3v) is 8.62. The molecule has 0 aliphatic heterocycles. The molecule has 0 spiro atoms. The summed E-state index contributed by atoms with van der Waals surface area (Å²) >= 11 is 14.0. The van der Waals surface area contributed by atoms with Gasteiger partial charge in [-0.15, -0.1) is 0 Å². The van der Waals surface area contributed by atoms with Crippen LogP contribution in [0.25, 0.3) is 0 Å². The van der Waals surface area contributed by atoms with Crippen molar-refractivity contribution < 1.29 is 13.2 Å². The third-order valence-electron chi connectivity index (χ3n) is 5.21. The Kier molecular flexibility index (Phi) is 8.26. The number of nitrogens with zero attached hydrogens (tertiary/aromatic N) is 1. The van der Waals surface area contributed by atoms with E-state index in [-0.39, 0.29) is 15.6 Å². The number of amides is 1. The maximum Gasteiger partial charge on any atom is 0.264 e. The van der Waals surface area contributed by atoms with Crippen molar-refractivity contribution in [2.24, 2.45) is 0 Å². The number of para-hydroxylation sites is 1. The van der Waals surface area contributed by atoms with Crippen LogP contribution in [0.4, 0.5) is 11.4 Å². The molecule has 4 aromatic rings. The van der Waals surface area contributed by atoms with Crippen LogP contribution in [0.15, 0.2) is 112 Å². The van der Waals surface area contributed by atoms with Gasteiger partial charge in [-0.3, -0.25) is 9.10 Å². The Morgan fingerprint density at radius 2 is 1.56 bits per heavy atom. The van der Waals surface area contributed by atoms with Gasteiger partial charge >= 0.3 is 0 Å². The molecular weight excluding hydrogens is 535 g/mol. The highest BCUT2D eigenvalue weighted by Crippen LogP contribution is 2.35. The quantitative estimate of drug-likeness (QED) is 0.247. The predicted molar refractivity (Wildman–Crippen MR) is 148 cm³/mol. The number of aryl methyl sites for hydroxylation is 1. The van der Waals surface area contributed by atoms with Crippen molar-refractivity contribution in [2.75, 3.05) is 16.2 Å². The summed E-state index contributed by atoms with van der Waals surface area (Å²) in [5, 5.41) is 3.31. The van der Waals surface area contributed by atoms with Gasteiger partial charge in [0.05, 0.1) is 21.3 Å². The molecule has 0 heterocycles. The van der Waals surface area contributed by atoms with Crippen LogP contribution in [0.2, 0.25) is 10.0 Å². The van der Waals surface area contributed by atoms with Crippen LogP contribution in [0.3, 0.4) is 0 Å². The van der Waals surface area contributed by atoms with Gasteiger partial charge in [0.25, 0.3) is 10.0 Å². The van der Waals surface area contributed by atoms with Crippen molar-refractivity contribution in [3.63, 3.8) is 0 Å². The van der Waals surface area contributed by atoms with E-state index in [9.17, 15) is 13.2 Å². The van der Waals surface area contributed by atoms with Crippen molar-refractivity contribution in [1.29, 1.82) is 0 Å². The maximum atomic E-state index is 13.6. The molecule has 0 radical (unpaired) electrons. The number of benzene rings is 4. The largest absolute Gasteiger partial charge is 0.323 e. The van der Waals surface area contributed by atoms with E-state index in [2.05, 4.69) is 5.32 Å². The van der Waals surface area contributed by atoms with E-state index in [4.69, 9.17) is 23.2 Å². The minimum absolute atomic E-state index is 0.0389. The highest BCUT2D eigenvalue weighted by Gasteiger charge is 2.29. The zero-order chi connectivity index (χ0) is 25.7. The summed E-state index contributed by atoms with van der Waals surface area (Å²) in [5.41, 5.74) is 1.60. The van der Waals surface area contributed by atoms with Gasteiger partial charge < -0.3 is 5.32 Å². The van der Waals surface area contributed by atoms with Crippen LogP contribution in [0.5, 0.6) is 0 Å². The first-order valence-electron chi connectivity index (χ1n) is 10.9. The lowest BCUT2D eigenvalue weighted by molar-refractivity contribution is -0.114. The number of carbonyl (C=O) groups is 1. The first-order valence-corrected chi connectivity index (χ1v) is 13.9. The van der Waals surface area contributed by atoms with E-state index in [1.807, 2.05) is 49.4 Å². The summed E-state index contributed by atoms with van der Waals surface area (Å²) in [5.74, 6) is -0.525. The van der Waals surface area contributed by atoms with E-state index in [0.717, 1.165) is 19.7 Å². The Morgan fingerprint density at radius 3 is 2.28 bits per heavy atom. The second-order valence-corrected chi connectivity index (χ2v) is 11.7. The molecular formula is C27H22Cl2N2O3S2. The minimum Gasteiger partial charge on any atom is -0.323 e. The molecule has 4 rings (SSSR count). The average molecular weight is 558 g/mol. The predicted octanol–water partition coefficient (Wildman–Crippen LogP) is 7.29. The summed E-state index contributed by atoms with van der Waals surface area (Å²) in [6.45, 7) is 1.36. The van der Waals surface area contributed by atoms with Gasteiger partial charge in [-0.05, 0) is 61.5 Å². The fourth-order valence-electron chi connectivity index (χ4n) is 3.41. The SMILES string of the molecule is Cc1ccc(S(=O)(=O)N(CC(=O)Nc2ccccc2Sc2ccccc2)c2cc(Cl)ccc2Cl)cc1. The second kappa shape index (κ2) is 11.4. The van der Waals surface area contributed by atoms with Gasteiger partial charge in [0.15, 0.2) is 0 Å². The molecule has 184 valence electrons. The second-order valence-electron chi connectivity index (χ2n) is 7.88. The highest BCUT2D eigenvalue weighted by atomic mass is 35.5. The van der Waals surface area contributed by atoms with Crippen molar-refractivity contribution in [3.05, 3.63) is 113 Å². The number of sulfonamides is 1. The zero-order valence-electron chi connectivity index (χ0n) is 19.2. The monoisotopic (exact) mass is 556 g/mol. The van der Waals surface area contributed by atoms with Gasteiger partial charge in [-0.1, -0.05) is 83.0 Å². The Labute approximate surface area is 225 Å². The van der Waals surface area contributed by atoms with Crippen molar-refractivity contribution >= 4 is 62.3 Å². The molecule has 5 nitrogen and oxygen atoms in total. The number of hydrogen-bond donors (Lipinski definition) is 1. The summed E-state index contributed by atoms with van der Waals surface area (Å²) < 4.78 is 28.3. The van der Waals surface area contributed by atoms with Crippen LogP contribution in [0.1, 0.15) is 5.56 Å². The fourth-order valence-corrected chi connectivity index (χ4v) is 6.20. The lowest BCUT2D eigenvalue weighted by Gasteiger charge is -2.25. The molecule has 0 aromatic heterocycles. The normalized spacial score (nSPS) is 11.2. The highest BCUT2D eigenvalue weighted by molar-refractivity contribution is 7.99. The van der Waals surface area contributed by atoms with Crippen molar-refractivity contribution in [2.45, 2.75) is 21.6 Å². The topological polar surface area (TPSA) is 66.5 Å². The average Bonchev–Trinajstić information content (AvgIpc) is 2.86. The lowest BCUT2D eigenvalue weighted by Crippen LogP contribution is -2.38. The number of nitrogens with one attached hydrogen (secondary N) is 1. The summed E-state index contributed by atoms with van der Waals surface area (Å²) in [6.07, 6.45) is 0. The third kappa shape index (κ3) is 6.23. The first-order chi connectivity index (χ1) is 17.2. The molecule has 1 amide bonds. The fraction of sp³-hybridized carbons (Fsp3) is 0.0741. The number of anilines is 2. The molecule has 0 bridgehead atoms. The Bertz CT molecular complexity index is 1480. The van der Waals surface area contributed by atoms with Gasteiger partial charge in [-0.2, -0.15) is 0 Å². The van der Waals surface area contributed by atoms with Crippen LogP contribution in [-0.2, 0) is 14.8 Å². The van der Waals surface area contributed by atoms with Crippen LogP contribution >= 0.6 is 35.0 Å². The molecule has 9 heteroatoms. The number of rotatable bonds is 8. The van der Waals surface area contributed by atoms with Gasteiger partial charge in [0.1, 0.15) is 6.54 Å². The Hall–Kier alpha value is -2.97. The van der Waals surface area contributed by atoms with Crippen LogP contribution in [-0.4, -0.2) is 20.9 Å². The molecule has 4 aromatic carbocycles. The molecule has 36 heavy (non-hydrogen) atoms. The van der Waals surface area contributed by atoms with E-state index < -0.39 is 22.5 Å². The van der Waals surface area contributed by atoms with Crippen LogP contribution < -0.4 is 9.62 Å². The van der Waals surface area contributed by atoms with Crippen LogP contribution in [0, 0.1) is 6.92 Å². The first kappa shape index (κ1) is 26.1. The molecule has 0 fully saturated rings. The number of halogens is 2. The Morgan fingerprint density at radius 1 is 0.889 bits per heavy atom. The summed E-state index contributed by atoms with van der Waals surface area (Å²) in [7, 11) is -4.13. The molecule has 0 unspecified atom stereocenters. The standard InChI is InChI=1S/C27H22Cl2N2O3S2/c1-19-11-14-22(15-12-19)36(33,34)31(25-17-20(28)13-16-23(25)29)18-27(32)30-24-9-5-6-10-26(24)35-21-7-3-2-4-8-21/h2-17H,18H2,1H3,(H,30,32). The van der Waals surface area contributed by atoms with E-state index in [0.29, 0.717) is 10.7 Å². The molecule has 0 aliphatic rings. The van der Waals surface area contributed by atoms with E-state index in [1.165, 1.54) is 36.0 Å². The maximum absolute atomic E-state index is 13.6. The molecule has 0 saturated carbocycles. The van der Waals surface area contributed by atoms with Gasteiger partial charge in [0.2, 0.25) is 5.91 Å². The molecule has 0 saturated heterocycles. The summed E-state index contributed by atoms with van der Waals surface area (Å²) in [4.78, 5) is 15.1. The smallest absolute Gasteiger partial charge is 0.264 e. The summed E-state index contributed by atoms with van der Waals surface area (Å²) in [6, 6.07) is 28.0. The lowest BCUT2D eigenvalue weighted by atomic mass is 10.2. The van der Waals surface area contributed by atoms with E-state index in [1.54, 1.807) is 30.3 Å². The van der Waals surface area contributed by atoms with Crippen molar-refractivity contribution in [1.82, 2.24) is 0 Å². The molecule has 0 atom stereocenters. The Balaban J connectivity index is 1.65. The number of hydrogen-bond acceptors (Lipinski definition) is 4. The number of carbonyl (C=O) groups excluding carboxylic acids is 1.